The van der Waals surface area contributed by atoms with E-state index < -0.39 is 23.6 Å². The summed E-state index contributed by atoms with van der Waals surface area (Å²) in [5.74, 6) is 0. The fourth-order valence-electron chi connectivity index (χ4n) is 3.09. The van der Waals surface area contributed by atoms with E-state index in [0.717, 1.165) is 6.07 Å². The number of rotatable bonds is 4. The Kier molecular flexibility index (Phi) is 6.04. The molecule has 2 nitrogen and oxygen atoms in total. The van der Waals surface area contributed by atoms with Gasteiger partial charge in [-0.15, -0.1) is 11.8 Å². The molecule has 1 fully saturated rings. The van der Waals surface area contributed by atoms with Gasteiger partial charge in [0.05, 0.1) is 5.69 Å². The van der Waals surface area contributed by atoms with Gasteiger partial charge in [0.15, 0.2) is 0 Å². The Bertz CT molecular complexity index is 842. The first-order chi connectivity index (χ1) is 13.0. The minimum Gasteiger partial charge on any atom is -0.372 e. The number of hydrogen-bond acceptors (Lipinski definition) is 3. The Morgan fingerprint density at radius 1 is 1.14 bits per heavy atom. The summed E-state index contributed by atoms with van der Waals surface area (Å²) >= 11 is 1.43. The van der Waals surface area contributed by atoms with Gasteiger partial charge < -0.3 is 4.74 Å². The van der Waals surface area contributed by atoms with Gasteiger partial charge in [0.1, 0.15) is 11.8 Å². The van der Waals surface area contributed by atoms with Crippen molar-refractivity contribution < 1.29 is 26.7 Å². The lowest BCUT2D eigenvalue weighted by molar-refractivity contribution is -0.141. The van der Waals surface area contributed by atoms with E-state index in [4.69, 9.17) is 4.74 Å². The van der Waals surface area contributed by atoms with E-state index >= 15 is 0 Å². The SMILES string of the molecule is CC1(Sc2cccc(C(F)(F)P)c2)CCOC(c2cccc(C(F)(F)F)n2)C1. The molecular weight excluding hydrogens is 416 g/mol. The lowest BCUT2D eigenvalue weighted by Gasteiger charge is -2.37. The molecule has 0 bridgehead atoms. The van der Waals surface area contributed by atoms with Crippen molar-refractivity contribution in [2.45, 2.75) is 47.4 Å². The Morgan fingerprint density at radius 2 is 1.86 bits per heavy atom. The number of thioether (sulfide) groups is 1. The minimum atomic E-state index is -4.52. The van der Waals surface area contributed by atoms with Gasteiger partial charge in [-0.05, 0) is 44.0 Å². The number of aromatic nitrogens is 1. The molecule has 0 saturated carbocycles. The highest BCUT2D eigenvalue weighted by atomic mass is 32.2. The van der Waals surface area contributed by atoms with E-state index in [9.17, 15) is 22.0 Å². The summed E-state index contributed by atoms with van der Waals surface area (Å²) in [4.78, 5) is 4.41. The normalized spacial score (nSPS) is 23.6. The highest BCUT2D eigenvalue weighted by Gasteiger charge is 2.37. The van der Waals surface area contributed by atoms with E-state index in [1.165, 1.54) is 45.3 Å². The van der Waals surface area contributed by atoms with Gasteiger partial charge in [-0.1, -0.05) is 27.4 Å². The number of pyridine rings is 1. The maximum Gasteiger partial charge on any atom is 0.433 e. The molecule has 1 aromatic carbocycles. The van der Waals surface area contributed by atoms with E-state index in [1.54, 1.807) is 12.1 Å². The number of halogens is 5. The molecular formula is C19H19F5NOPS. The second kappa shape index (κ2) is 7.88. The van der Waals surface area contributed by atoms with E-state index in [2.05, 4.69) is 4.98 Å². The van der Waals surface area contributed by atoms with Crippen LogP contribution in [0.25, 0.3) is 0 Å². The van der Waals surface area contributed by atoms with Crippen LogP contribution in [0, 0.1) is 0 Å². The predicted octanol–water partition coefficient (Wildman–Crippen LogP) is 6.43. The van der Waals surface area contributed by atoms with Gasteiger partial charge in [-0.25, -0.2) is 4.98 Å². The number of nitrogens with zero attached hydrogens (tertiary/aromatic N) is 1. The van der Waals surface area contributed by atoms with Crippen LogP contribution >= 0.6 is 21.0 Å². The molecule has 0 amide bonds. The standard InChI is InChI=1S/C19H19F5NOPS/c1-17(28-13-5-2-4-12(10-13)19(23,24)27)8-9-26-15(11-17)14-6-3-7-16(25-14)18(20,21)22/h2-7,10,15H,8-9,11,27H2,1H3. The zero-order valence-corrected chi connectivity index (χ0v) is 16.9. The van der Waals surface area contributed by atoms with Crippen molar-refractivity contribution in [3.8, 4) is 0 Å². The highest BCUT2D eigenvalue weighted by Crippen LogP contribution is 2.47. The molecule has 0 N–H and O–H groups in total. The lowest BCUT2D eigenvalue weighted by Crippen LogP contribution is -2.32. The monoisotopic (exact) mass is 435 g/mol. The summed E-state index contributed by atoms with van der Waals surface area (Å²) < 4.78 is 71.2. The third kappa shape index (κ3) is 5.22. The average Bonchev–Trinajstić information content (AvgIpc) is 2.60. The third-order valence-corrected chi connectivity index (χ3v) is 6.23. The summed E-state index contributed by atoms with van der Waals surface area (Å²) in [5.41, 5.74) is -3.85. The Morgan fingerprint density at radius 3 is 2.54 bits per heavy atom. The predicted molar refractivity (Wildman–Crippen MR) is 101 cm³/mol. The smallest absolute Gasteiger partial charge is 0.372 e. The molecule has 152 valence electrons. The zero-order valence-electron chi connectivity index (χ0n) is 15.0. The molecule has 3 atom stereocenters. The minimum absolute atomic E-state index is 0.103. The van der Waals surface area contributed by atoms with E-state index in [-0.39, 0.29) is 16.0 Å². The van der Waals surface area contributed by atoms with Gasteiger partial charge in [0.2, 0.25) is 0 Å². The first kappa shape index (κ1) is 21.5. The maximum absolute atomic E-state index is 13.6. The number of hydrogen-bond donors (Lipinski definition) is 0. The molecule has 1 aliphatic rings. The molecule has 1 aliphatic heterocycles. The topological polar surface area (TPSA) is 22.1 Å². The summed E-state index contributed by atoms with van der Waals surface area (Å²) in [6, 6.07) is 9.89. The van der Waals surface area contributed by atoms with Crippen LogP contribution < -0.4 is 0 Å². The lowest BCUT2D eigenvalue weighted by atomic mass is 9.94. The van der Waals surface area contributed by atoms with Crippen molar-refractivity contribution in [2.24, 2.45) is 0 Å². The second-order valence-electron chi connectivity index (χ2n) is 6.96. The van der Waals surface area contributed by atoms with Gasteiger partial charge in [0, 0.05) is 21.8 Å². The molecule has 0 spiro atoms. The summed E-state index contributed by atoms with van der Waals surface area (Å²) in [7, 11) is 1.52. The second-order valence-corrected chi connectivity index (χ2v) is 9.35. The fraction of sp³-hybridized carbons (Fsp3) is 0.421. The molecule has 2 aromatic rings. The Balaban J connectivity index is 1.79. The number of ether oxygens (including phenoxy) is 1. The number of benzene rings is 1. The first-order valence-corrected chi connectivity index (χ1v) is 9.98. The maximum atomic E-state index is 13.6. The van der Waals surface area contributed by atoms with E-state index in [1.807, 2.05) is 6.92 Å². The van der Waals surface area contributed by atoms with Gasteiger partial charge >= 0.3 is 6.18 Å². The number of alkyl halides is 5. The van der Waals surface area contributed by atoms with Crippen molar-refractivity contribution in [1.29, 1.82) is 0 Å². The van der Waals surface area contributed by atoms with Gasteiger partial charge in [-0.2, -0.15) is 22.0 Å². The van der Waals surface area contributed by atoms with Crippen LogP contribution in [-0.4, -0.2) is 16.3 Å². The Labute approximate surface area is 166 Å². The van der Waals surface area contributed by atoms with Crippen LogP contribution in [0.15, 0.2) is 47.4 Å². The van der Waals surface area contributed by atoms with Crippen LogP contribution in [0.4, 0.5) is 22.0 Å². The van der Waals surface area contributed by atoms with Crippen LogP contribution in [0.5, 0.6) is 0 Å². The molecule has 3 unspecified atom stereocenters. The molecule has 0 radical (unpaired) electrons. The molecule has 1 aromatic heterocycles. The molecule has 3 rings (SSSR count). The van der Waals surface area contributed by atoms with Gasteiger partial charge in [0.25, 0.3) is 5.66 Å². The fourth-order valence-corrected chi connectivity index (χ4v) is 4.59. The van der Waals surface area contributed by atoms with Crippen LogP contribution in [0.2, 0.25) is 0 Å². The summed E-state index contributed by atoms with van der Waals surface area (Å²) in [6.07, 6.45) is -4.03. The first-order valence-electron chi connectivity index (χ1n) is 8.58. The molecule has 1 saturated heterocycles. The van der Waals surface area contributed by atoms with Crippen LogP contribution in [-0.2, 0) is 16.6 Å². The Hall–Kier alpha value is -1.24. The van der Waals surface area contributed by atoms with Crippen molar-refractivity contribution in [2.75, 3.05) is 6.61 Å². The van der Waals surface area contributed by atoms with Crippen molar-refractivity contribution in [3.05, 3.63) is 59.4 Å². The van der Waals surface area contributed by atoms with Crippen LogP contribution in [0.3, 0.4) is 0 Å². The van der Waals surface area contributed by atoms with Crippen LogP contribution in [0.1, 0.15) is 42.8 Å². The van der Waals surface area contributed by atoms with Gasteiger partial charge in [-0.3, -0.25) is 0 Å². The highest BCUT2D eigenvalue weighted by molar-refractivity contribution is 8.00. The zero-order chi connectivity index (χ0) is 20.6. The average molecular weight is 435 g/mol. The van der Waals surface area contributed by atoms with E-state index in [0.29, 0.717) is 24.3 Å². The summed E-state index contributed by atoms with van der Waals surface area (Å²) in [5, 5.41) is 0. The molecule has 2 heterocycles. The van der Waals surface area contributed by atoms with Crippen molar-refractivity contribution in [3.63, 3.8) is 0 Å². The third-order valence-electron chi connectivity index (χ3n) is 4.54. The molecule has 28 heavy (non-hydrogen) atoms. The van der Waals surface area contributed by atoms with Crippen molar-refractivity contribution in [1.82, 2.24) is 4.98 Å². The molecule has 0 aliphatic carbocycles. The summed E-state index contributed by atoms with van der Waals surface area (Å²) in [6.45, 7) is 2.32. The quantitative estimate of drug-likeness (QED) is 0.408. The van der Waals surface area contributed by atoms with Crippen molar-refractivity contribution >= 4 is 21.0 Å². The molecule has 9 heteroatoms. The largest absolute Gasteiger partial charge is 0.433 e.